The lowest BCUT2D eigenvalue weighted by molar-refractivity contribution is 0.483. The van der Waals surface area contributed by atoms with Crippen molar-refractivity contribution in [2.45, 2.75) is 18.0 Å². The molecular weight excluding hydrogens is 332 g/mol. The van der Waals surface area contributed by atoms with Gasteiger partial charge in [0.25, 0.3) is 0 Å². The normalized spacial score (nSPS) is 11.7. The lowest BCUT2D eigenvalue weighted by Crippen LogP contribution is -2.23. The number of halogens is 1. The molecule has 0 aliphatic rings. The molecule has 0 saturated heterocycles. The molecule has 5 nitrogen and oxygen atoms in total. The summed E-state index contributed by atoms with van der Waals surface area (Å²) < 4.78 is 32.1. The van der Waals surface area contributed by atoms with E-state index < -0.39 is 10.0 Å². The van der Waals surface area contributed by atoms with Gasteiger partial charge in [-0.25, -0.2) is 13.1 Å². The second-order valence-electron chi connectivity index (χ2n) is 3.86. The van der Waals surface area contributed by atoms with E-state index in [0.717, 1.165) is 5.56 Å². The highest BCUT2D eigenvalue weighted by Gasteiger charge is 2.21. The third kappa shape index (κ3) is 3.44. The lowest BCUT2D eigenvalue weighted by Gasteiger charge is -2.05. The molecule has 1 aromatic heterocycles. The Morgan fingerprint density at radius 1 is 1.26 bits per heavy atom. The minimum Gasteiger partial charge on any atom is -0.452 e. The van der Waals surface area contributed by atoms with E-state index in [-0.39, 0.29) is 22.7 Å². The van der Waals surface area contributed by atoms with Crippen LogP contribution in [-0.4, -0.2) is 8.42 Å². The number of benzene rings is 1. The van der Waals surface area contributed by atoms with Crippen LogP contribution in [-0.2, 0) is 23.1 Å². The van der Waals surface area contributed by atoms with Gasteiger partial charge < -0.3 is 10.2 Å². The molecule has 0 bridgehead atoms. The molecule has 19 heavy (non-hydrogen) atoms. The zero-order valence-electron chi connectivity index (χ0n) is 9.97. The Morgan fingerprint density at radius 2 is 1.95 bits per heavy atom. The summed E-state index contributed by atoms with van der Waals surface area (Å²) in [5.41, 5.74) is 6.29. The van der Waals surface area contributed by atoms with Crippen molar-refractivity contribution in [1.82, 2.24) is 4.72 Å². The van der Waals surface area contributed by atoms with Crippen molar-refractivity contribution in [1.29, 1.82) is 0 Å². The maximum atomic E-state index is 12.1. The van der Waals surface area contributed by atoms with Gasteiger partial charge in [-0.05, 0) is 21.5 Å². The molecule has 1 aromatic carbocycles. The maximum Gasteiger partial charge on any atom is 0.245 e. The molecule has 0 atom stereocenters. The summed E-state index contributed by atoms with van der Waals surface area (Å²) in [6.07, 6.45) is 0. The Kier molecular flexibility index (Phi) is 4.41. The average molecular weight is 345 g/mol. The number of hydrogen-bond acceptors (Lipinski definition) is 4. The molecular formula is C12H13BrN2O3S. The summed E-state index contributed by atoms with van der Waals surface area (Å²) in [5, 5.41) is 0. The minimum atomic E-state index is -3.62. The maximum absolute atomic E-state index is 12.1. The van der Waals surface area contributed by atoms with Gasteiger partial charge in [0.15, 0.2) is 4.67 Å². The Labute approximate surface area is 120 Å². The van der Waals surface area contributed by atoms with Gasteiger partial charge in [0.1, 0.15) is 10.7 Å². The lowest BCUT2D eigenvalue weighted by atomic mass is 10.2. The van der Waals surface area contributed by atoms with Crippen LogP contribution in [0.25, 0.3) is 0 Å². The summed E-state index contributed by atoms with van der Waals surface area (Å²) in [4.78, 5) is 0.0591. The molecule has 0 unspecified atom stereocenters. The van der Waals surface area contributed by atoms with Crippen molar-refractivity contribution in [3.05, 3.63) is 52.4 Å². The largest absolute Gasteiger partial charge is 0.452 e. The minimum absolute atomic E-state index is 0.0591. The van der Waals surface area contributed by atoms with Gasteiger partial charge in [-0.1, -0.05) is 30.3 Å². The van der Waals surface area contributed by atoms with Crippen LogP contribution in [0.15, 0.2) is 50.4 Å². The highest BCUT2D eigenvalue weighted by molar-refractivity contribution is 9.10. The zero-order chi connectivity index (χ0) is 13.9. The highest BCUT2D eigenvalue weighted by Crippen LogP contribution is 2.25. The van der Waals surface area contributed by atoms with Crippen molar-refractivity contribution >= 4 is 26.0 Å². The van der Waals surface area contributed by atoms with E-state index in [9.17, 15) is 8.42 Å². The summed E-state index contributed by atoms with van der Waals surface area (Å²) in [5.74, 6) is 0.409. The molecule has 102 valence electrons. The topological polar surface area (TPSA) is 85.3 Å². The summed E-state index contributed by atoms with van der Waals surface area (Å²) in [6, 6.07) is 10.7. The van der Waals surface area contributed by atoms with E-state index in [4.69, 9.17) is 10.2 Å². The molecule has 0 radical (unpaired) electrons. The van der Waals surface area contributed by atoms with Crippen LogP contribution in [0.1, 0.15) is 11.3 Å². The number of furan rings is 1. The molecule has 0 aliphatic carbocycles. The molecule has 2 rings (SSSR count). The fraction of sp³-hybridized carbons (Fsp3) is 0.167. The van der Waals surface area contributed by atoms with Crippen LogP contribution in [0.3, 0.4) is 0 Å². The van der Waals surface area contributed by atoms with E-state index in [0.29, 0.717) is 5.76 Å². The van der Waals surface area contributed by atoms with Crippen LogP contribution < -0.4 is 10.5 Å². The molecule has 0 amide bonds. The first kappa shape index (κ1) is 14.3. The molecule has 1 heterocycles. The molecule has 3 N–H and O–H groups in total. The van der Waals surface area contributed by atoms with Crippen molar-refractivity contribution in [3.8, 4) is 0 Å². The van der Waals surface area contributed by atoms with E-state index in [1.54, 1.807) is 0 Å². The smallest absolute Gasteiger partial charge is 0.245 e. The van der Waals surface area contributed by atoms with Crippen molar-refractivity contribution in [2.24, 2.45) is 5.73 Å². The number of hydrogen-bond donors (Lipinski definition) is 2. The molecule has 0 saturated carbocycles. The van der Waals surface area contributed by atoms with Gasteiger partial charge in [0.2, 0.25) is 10.0 Å². The fourth-order valence-electron chi connectivity index (χ4n) is 1.53. The second-order valence-corrected chi connectivity index (χ2v) is 6.32. The standard InChI is InChI=1S/C12H13BrN2O3S/c13-12-11(6-10(7-14)18-12)19(16,17)15-8-9-4-2-1-3-5-9/h1-6,15H,7-8,14H2. The number of sulfonamides is 1. The van der Waals surface area contributed by atoms with Crippen LogP contribution >= 0.6 is 15.9 Å². The van der Waals surface area contributed by atoms with Crippen LogP contribution in [0.5, 0.6) is 0 Å². The van der Waals surface area contributed by atoms with E-state index >= 15 is 0 Å². The fourth-order valence-corrected chi connectivity index (χ4v) is 3.55. The molecule has 0 aliphatic heterocycles. The Hall–Kier alpha value is -1.15. The van der Waals surface area contributed by atoms with Gasteiger partial charge in [0, 0.05) is 12.6 Å². The van der Waals surface area contributed by atoms with Gasteiger partial charge >= 0.3 is 0 Å². The Balaban J connectivity index is 2.16. The van der Waals surface area contributed by atoms with E-state index in [1.807, 2.05) is 30.3 Å². The van der Waals surface area contributed by atoms with Crippen LogP contribution in [0.4, 0.5) is 0 Å². The van der Waals surface area contributed by atoms with Gasteiger partial charge in [-0.2, -0.15) is 0 Å². The highest BCUT2D eigenvalue weighted by atomic mass is 79.9. The zero-order valence-corrected chi connectivity index (χ0v) is 12.4. The molecule has 2 aromatic rings. The summed E-state index contributed by atoms with van der Waals surface area (Å²) >= 11 is 3.08. The van der Waals surface area contributed by atoms with Crippen LogP contribution in [0.2, 0.25) is 0 Å². The average Bonchev–Trinajstić information content (AvgIpc) is 2.80. The Bertz CT molecular complexity index is 653. The number of nitrogens with one attached hydrogen (secondary N) is 1. The first-order valence-electron chi connectivity index (χ1n) is 5.55. The number of nitrogens with two attached hydrogens (primary N) is 1. The molecule has 0 fully saturated rings. The second kappa shape index (κ2) is 5.87. The summed E-state index contributed by atoms with van der Waals surface area (Å²) in [7, 11) is -3.62. The van der Waals surface area contributed by atoms with E-state index in [1.165, 1.54) is 6.07 Å². The van der Waals surface area contributed by atoms with Crippen molar-refractivity contribution in [2.75, 3.05) is 0 Å². The van der Waals surface area contributed by atoms with Gasteiger partial charge in [-0.15, -0.1) is 0 Å². The predicted octanol–water partition coefficient (Wildman–Crippen LogP) is 1.98. The first-order chi connectivity index (χ1) is 9.03. The monoisotopic (exact) mass is 344 g/mol. The van der Waals surface area contributed by atoms with Crippen molar-refractivity contribution < 1.29 is 12.8 Å². The first-order valence-corrected chi connectivity index (χ1v) is 7.82. The van der Waals surface area contributed by atoms with Crippen LogP contribution in [0, 0.1) is 0 Å². The third-order valence-corrected chi connectivity index (χ3v) is 4.76. The third-order valence-electron chi connectivity index (χ3n) is 2.51. The summed E-state index contributed by atoms with van der Waals surface area (Å²) in [6.45, 7) is 0.367. The van der Waals surface area contributed by atoms with Crippen molar-refractivity contribution in [3.63, 3.8) is 0 Å². The quantitative estimate of drug-likeness (QED) is 0.868. The molecule has 7 heteroatoms. The SMILES string of the molecule is NCc1cc(S(=O)(=O)NCc2ccccc2)c(Br)o1. The van der Waals surface area contributed by atoms with Gasteiger partial charge in [0.05, 0.1) is 6.54 Å². The van der Waals surface area contributed by atoms with E-state index in [2.05, 4.69) is 20.7 Å². The van der Waals surface area contributed by atoms with Gasteiger partial charge in [-0.3, -0.25) is 0 Å². The Morgan fingerprint density at radius 3 is 2.53 bits per heavy atom. The molecule has 0 spiro atoms. The predicted molar refractivity (Wildman–Crippen MR) is 74.8 cm³/mol. The number of rotatable bonds is 5.